The quantitative estimate of drug-likeness (QED) is 0.444. The van der Waals surface area contributed by atoms with Gasteiger partial charge in [0.05, 0.1) is 46.1 Å². The van der Waals surface area contributed by atoms with Crippen LogP contribution in [0, 0.1) is 0 Å². The predicted octanol–water partition coefficient (Wildman–Crippen LogP) is 4.17. The van der Waals surface area contributed by atoms with Gasteiger partial charge >= 0.3 is 0 Å². The summed E-state index contributed by atoms with van der Waals surface area (Å²) in [5.41, 5.74) is 9.08. The van der Waals surface area contributed by atoms with E-state index in [1.807, 2.05) is 48.5 Å². The van der Waals surface area contributed by atoms with Crippen LogP contribution in [0.5, 0.6) is 23.0 Å². The number of β-lactam (4-membered cyclic amide) rings is 1. The molecule has 0 radical (unpaired) electrons. The number of carbonyl (C=O) groups excluding carboxylic acids is 1. The predicted molar refractivity (Wildman–Crippen MR) is 123 cm³/mol. The molecular formula is C25H26N2O5. The molecule has 166 valence electrons. The van der Waals surface area contributed by atoms with Crippen LogP contribution < -0.4 is 29.6 Å². The van der Waals surface area contributed by atoms with Crippen molar-refractivity contribution >= 4 is 17.3 Å². The van der Waals surface area contributed by atoms with Crippen LogP contribution in [0.1, 0.15) is 23.1 Å². The van der Waals surface area contributed by atoms with Gasteiger partial charge in [0, 0.05) is 17.8 Å². The van der Waals surface area contributed by atoms with Gasteiger partial charge in [-0.3, -0.25) is 4.79 Å². The second kappa shape index (κ2) is 8.70. The number of carbonyl (C=O) groups is 1. The summed E-state index contributed by atoms with van der Waals surface area (Å²) < 4.78 is 21.7. The number of hydrogen-bond donors (Lipinski definition) is 1. The molecule has 0 aliphatic carbocycles. The van der Waals surface area contributed by atoms with Crippen molar-refractivity contribution in [3.05, 3.63) is 71.8 Å². The summed E-state index contributed by atoms with van der Waals surface area (Å²) in [5.74, 6) is 1.83. The van der Waals surface area contributed by atoms with E-state index in [4.69, 9.17) is 24.7 Å². The molecule has 4 rings (SSSR count). The normalized spacial score (nSPS) is 17.5. The van der Waals surface area contributed by atoms with Gasteiger partial charge in [0.15, 0.2) is 11.5 Å². The van der Waals surface area contributed by atoms with Gasteiger partial charge in [0.25, 0.3) is 0 Å². The first-order chi connectivity index (χ1) is 15.5. The van der Waals surface area contributed by atoms with Gasteiger partial charge in [-0.05, 0) is 35.4 Å². The third kappa shape index (κ3) is 3.56. The molecule has 1 amide bonds. The first-order valence-electron chi connectivity index (χ1n) is 10.1. The largest absolute Gasteiger partial charge is 0.497 e. The van der Waals surface area contributed by atoms with Crippen LogP contribution in [0.4, 0.5) is 11.4 Å². The molecular weight excluding hydrogens is 408 g/mol. The Morgan fingerprint density at radius 2 is 1.31 bits per heavy atom. The summed E-state index contributed by atoms with van der Waals surface area (Å²) in [4.78, 5) is 15.2. The van der Waals surface area contributed by atoms with Crippen molar-refractivity contribution in [1.29, 1.82) is 0 Å². The molecule has 1 aliphatic rings. The molecule has 3 aromatic rings. The van der Waals surface area contributed by atoms with Gasteiger partial charge in [0.1, 0.15) is 5.75 Å². The first-order valence-corrected chi connectivity index (χ1v) is 10.1. The SMILES string of the molecule is COc1ccc(C2C(c3ccc(N)cc3)C(=O)N2c2cc(OC)c(OC)c(OC)c2)cc1. The molecule has 7 nitrogen and oxygen atoms in total. The lowest BCUT2D eigenvalue weighted by molar-refractivity contribution is -0.126. The Kier molecular flexibility index (Phi) is 5.81. The number of benzene rings is 3. The number of hydrogen-bond acceptors (Lipinski definition) is 6. The van der Waals surface area contributed by atoms with Crippen LogP contribution in [-0.2, 0) is 4.79 Å². The second-order valence-corrected chi connectivity index (χ2v) is 7.45. The maximum absolute atomic E-state index is 13.5. The van der Waals surface area contributed by atoms with Gasteiger partial charge in [-0.2, -0.15) is 0 Å². The van der Waals surface area contributed by atoms with Crippen LogP contribution in [0.25, 0.3) is 0 Å². The smallest absolute Gasteiger partial charge is 0.237 e. The highest BCUT2D eigenvalue weighted by Crippen LogP contribution is 2.52. The Bertz CT molecular complexity index is 1090. The Morgan fingerprint density at radius 3 is 1.81 bits per heavy atom. The van der Waals surface area contributed by atoms with Crippen molar-refractivity contribution in [3.63, 3.8) is 0 Å². The van der Waals surface area contributed by atoms with Crippen molar-refractivity contribution in [3.8, 4) is 23.0 Å². The van der Waals surface area contributed by atoms with Crippen LogP contribution in [0.2, 0.25) is 0 Å². The van der Waals surface area contributed by atoms with E-state index in [1.165, 1.54) is 0 Å². The molecule has 2 atom stereocenters. The van der Waals surface area contributed by atoms with E-state index in [1.54, 1.807) is 45.5 Å². The summed E-state index contributed by atoms with van der Waals surface area (Å²) >= 11 is 0. The van der Waals surface area contributed by atoms with E-state index in [2.05, 4.69) is 0 Å². The van der Waals surface area contributed by atoms with Gasteiger partial charge in [-0.1, -0.05) is 24.3 Å². The Labute approximate surface area is 187 Å². The lowest BCUT2D eigenvalue weighted by atomic mass is 9.77. The summed E-state index contributed by atoms with van der Waals surface area (Å²) in [6.45, 7) is 0. The van der Waals surface area contributed by atoms with Gasteiger partial charge in [-0.15, -0.1) is 0 Å². The summed E-state index contributed by atoms with van der Waals surface area (Å²) in [5, 5.41) is 0. The lowest BCUT2D eigenvalue weighted by Crippen LogP contribution is -2.53. The minimum Gasteiger partial charge on any atom is -0.497 e. The maximum atomic E-state index is 13.5. The zero-order valence-electron chi connectivity index (χ0n) is 18.5. The van der Waals surface area contributed by atoms with Crippen molar-refractivity contribution in [2.75, 3.05) is 39.1 Å². The van der Waals surface area contributed by atoms with Gasteiger partial charge in [0.2, 0.25) is 11.7 Å². The fraction of sp³-hybridized carbons (Fsp3) is 0.240. The standard InChI is InChI=1S/C25H26N2O5/c1-29-19-11-7-16(8-12-19)23-22(15-5-9-17(26)10-6-15)25(28)27(23)18-13-20(30-2)24(32-4)21(14-18)31-3/h5-14,22-23H,26H2,1-4H3. The average molecular weight is 434 g/mol. The maximum Gasteiger partial charge on any atom is 0.237 e. The number of anilines is 2. The number of rotatable bonds is 7. The molecule has 1 saturated heterocycles. The zero-order valence-corrected chi connectivity index (χ0v) is 18.5. The van der Waals surface area contributed by atoms with Crippen molar-refractivity contribution in [2.24, 2.45) is 0 Å². The average Bonchev–Trinajstić information content (AvgIpc) is 2.83. The number of amides is 1. The molecule has 0 aromatic heterocycles. The molecule has 0 bridgehead atoms. The highest BCUT2D eigenvalue weighted by molar-refractivity contribution is 6.07. The molecule has 3 aromatic carbocycles. The first kappa shape index (κ1) is 21.4. The highest BCUT2D eigenvalue weighted by atomic mass is 16.5. The minimum absolute atomic E-state index is 0.0233. The van der Waals surface area contributed by atoms with E-state index in [-0.39, 0.29) is 17.9 Å². The lowest BCUT2D eigenvalue weighted by Gasteiger charge is -2.48. The third-order valence-electron chi connectivity index (χ3n) is 5.78. The Hall–Kier alpha value is -3.87. The van der Waals surface area contributed by atoms with E-state index in [9.17, 15) is 4.79 Å². The van der Waals surface area contributed by atoms with Crippen LogP contribution in [-0.4, -0.2) is 34.3 Å². The zero-order chi connectivity index (χ0) is 22.8. The van der Waals surface area contributed by atoms with Gasteiger partial charge < -0.3 is 29.6 Å². The molecule has 2 unspecified atom stereocenters. The number of nitrogens with two attached hydrogens (primary N) is 1. The Balaban J connectivity index is 1.81. The fourth-order valence-corrected chi connectivity index (χ4v) is 4.15. The minimum atomic E-state index is -0.344. The van der Waals surface area contributed by atoms with Crippen molar-refractivity contribution in [1.82, 2.24) is 0 Å². The molecule has 0 spiro atoms. The van der Waals surface area contributed by atoms with E-state index in [0.717, 1.165) is 16.9 Å². The molecule has 1 aliphatic heterocycles. The molecule has 1 heterocycles. The number of nitrogen functional groups attached to an aromatic ring is 1. The summed E-state index contributed by atoms with van der Waals surface area (Å²) in [7, 11) is 6.28. The molecule has 32 heavy (non-hydrogen) atoms. The van der Waals surface area contributed by atoms with E-state index >= 15 is 0 Å². The monoisotopic (exact) mass is 434 g/mol. The summed E-state index contributed by atoms with van der Waals surface area (Å²) in [6, 6.07) is 18.5. The third-order valence-corrected chi connectivity index (χ3v) is 5.78. The summed E-state index contributed by atoms with van der Waals surface area (Å²) in [6.07, 6.45) is 0. The van der Waals surface area contributed by atoms with Crippen molar-refractivity contribution in [2.45, 2.75) is 12.0 Å². The van der Waals surface area contributed by atoms with Crippen molar-refractivity contribution < 1.29 is 23.7 Å². The Morgan fingerprint density at radius 1 is 0.750 bits per heavy atom. The number of ether oxygens (including phenoxy) is 4. The molecule has 1 fully saturated rings. The van der Waals surface area contributed by atoms with Crippen LogP contribution in [0.15, 0.2) is 60.7 Å². The van der Waals surface area contributed by atoms with E-state index < -0.39 is 0 Å². The second-order valence-electron chi connectivity index (χ2n) is 7.45. The highest BCUT2D eigenvalue weighted by Gasteiger charge is 2.50. The van der Waals surface area contributed by atoms with Crippen LogP contribution >= 0.6 is 0 Å². The molecule has 2 N–H and O–H groups in total. The topological polar surface area (TPSA) is 83.3 Å². The number of nitrogens with zero attached hydrogens (tertiary/aromatic N) is 1. The fourth-order valence-electron chi connectivity index (χ4n) is 4.15. The van der Waals surface area contributed by atoms with Crippen LogP contribution in [0.3, 0.4) is 0 Å². The number of methoxy groups -OCH3 is 4. The molecule has 7 heteroatoms. The van der Waals surface area contributed by atoms with Gasteiger partial charge in [-0.25, -0.2) is 0 Å². The molecule has 0 saturated carbocycles. The van der Waals surface area contributed by atoms with E-state index in [0.29, 0.717) is 28.6 Å².